The predicted octanol–water partition coefficient (Wildman–Crippen LogP) is 0.768. The van der Waals surface area contributed by atoms with E-state index in [0.717, 1.165) is 4.88 Å². The van der Waals surface area contributed by atoms with Crippen LogP contribution in [0.1, 0.15) is 11.8 Å². The van der Waals surface area contributed by atoms with Gasteiger partial charge in [0, 0.05) is 31.7 Å². The Bertz CT molecular complexity index is 442. The monoisotopic (exact) mass is 278 g/mol. The Kier molecular flexibility index (Phi) is 5.54. The van der Waals surface area contributed by atoms with Gasteiger partial charge in [-0.3, -0.25) is 0 Å². The van der Waals surface area contributed by atoms with Crippen molar-refractivity contribution < 1.29 is 13.2 Å². The van der Waals surface area contributed by atoms with Gasteiger partial charge in [0.2, 0.25) is 10.0 Å². The van der Waals surface area contributed by atoms with Gasteiger partial charge in [0.1, 0.15) is 4.21 Å². The second-order valence-electron chi connectivity index (χ2n) is 3.84. The fraction of sp³-hybridized carbons (Fsp3) is 0.600. The Labute approximate surface area is 106 Å². The third-order valence-electron chi connectivity index (χ3n) is 2.18. The Hall–Kier alpha value is -0.470. The molecule has 5 nitrogen and oxygen atoms in total. The molecule has 1 heterocycles. The van der Waals surface area contributed by atoms with E-state index in [1.165, 1.54) is 11.3 Å². The molecule has 0 saturated heterocycles. The molecule has 17 heavy (non-hydrogen) atoms. The van der Waals surface area contributed by atoms with Crippen molar-refractivity contribution in [1.29, 1.82) is 0 Å². The molecule has 98 valence electrons. The van der Waals surface area contributed by atoms with Crippen LogP contribution in [0.15, 0.2) is 16.3 Å². The van der Waals surface area contributed by atoms with Crippen LogP contribution in [0.25, 0.3) is 0 Å². The zero-order valence-electron chi connectivity index (χ0n) is 9.97. The van der Waals surface area contributed by atoms with Crippen LogP contribution >= 0.6 is 11.3 Å². The summed E-state index contributed by atoms with van der Waals surface area (Å²) in [6.07, 6.45) is 0. The van der Waals surface area contributed by atoms with E-state index in [2.05, 4.69) is 4.72 Å². The van der Waals surface area contributed by atoms with Crippen molar-refractivity contribution in [3.05, 3.63) is 17.0 Å². The maximum absolute atomic E-state index is 11.9. The molecule has 1 atom stereocenters. The molecule has 0 aliphatic carbocycles. The van der Waals surface area contributed by atoms with Crippen molar-refractivity contribution in [2.75, 3.05) is 20.3 Å². The Balaban J connectivity index is 2.62. The van der Waals surface area contributed by atoms with E-state index < -0.39 is 10.0 Å². The average Bonchev–Trinajstić information content (AvgIpc) is 2.76. The molecule has 1 rings (SSSR count). The first-order valence-electron chi connectivity index (χ1n) is 5.27. The lowest BCUT2D eigenvalue weighted by molar-refractivity contribution is 0.161. The van der Waals surface area contributed by atoms with Crippen molar-refractivity contribution in [3.63, 3.8) is 0 Å². The van der Waals surface area contributed by atoms with Crippen LogP contribution in [0.4, 0.5) is 0 Å². The fourth-order valence-corrected chi connectivity index (χ4v) is 3.72. The van der Waals surface area contributed by atoms with Crippen molar-refractivity contribution in [2.45, 2.75) is 17.7 Å². The van der Waals surface area contributed by atoms with Gasteiger partial charge >= 0.3 is 0 Å². The van der Waals surface area contributed by atoms with Crippen molar-refractivity contribution in [2.24, 2.45) is 11.7 Å². The highest BCUT2D eigenvalue weighted by Gasteiger charge is 2.17. The first-order valence-corrected chi connectivity index (χ1v) is 7.57. The highest BCUT2D eigenvalue weighted by molar-refractivity contribution is 7.91. The molecule has 3 N–H and O–H groups in total. The molecule has 0 spiro atoms. The third-order valence-corrected chi connectivity index (χ3v) is 5.20. The van der Waals surface area contributed by atoms with E-state index in [9.17, 15) is 8.42 Å². The van der Waals surface area contributed by atoms with Gasteiger partial charge < -0.3 is 10.5 Å². The van der Waals surface area contributed by atoms with Crippen molar-refractivity contribution in [1.82, 2.24) is 4.72 Å². The minimum absolute atomic E-state index is 0.142. The molecule has 1 aromatic rings. The molecule has 0 bridgehead atoms. The van der Waals surface area contributed by atoms with Crippen molar-refractivity contribution in [3.8, 4) is 0 Å². The van der Waals surface area contributed by atoms with Crippen LogP contribution < -0.4 is 10.5 Å². The summed E-state index contributed by atoms with van der Waals surface area (Å²) in [5.41, 5.74) is 5.45. The first-order chi connectivity index (χ1) is 7.99. The average molecular weight is 278 g/mol. The predicted molar refractivity (Wildman–Crippen MR) is 68.4 cm³/mol. The van der Waals surface area contributed by atoms with Gasteiger partial charge in [-0.05, 0) is 18.1 Å². The maximum atomic E-state index is 11.9. The van der Waals surface area contributed by atoms with Crippen LogP contribution in [0.2, 0.25) is 0 Å². The molecule has 0 aromatic carbocycles. The summed E-state index contributed by atoms with van der Waals surface area (Å²) in [5, 5.41) is 0. The third kappa shape index (κ3) is 4.36. The van der Waals surface area contributed by atoms with E-state index in [1.807, 2.05) is 6.92 Å². The van der Waals surface area contributed by atoms with Crippen LogP contribution in [0.3, 0.4) is 0 Å². The molecule has 0 radical (unpaired) electrons. The number of nitrogens with one attached hydrogen (secondary N) is 1. The minimum atomic E-state index is -3.41. The second kappa shape index (κ2) is 6.46. The van der Waals surface area contributed by atoms with Gasteiger partial charge in [-0.2, -0.15) is 0 Å². The second-order valence-corrected chi connectivity index (χ2v) is 7.00. The molecular weight excluding hydrogens is 260 g/mol. The van der Waals surface area contributed by atoms with Gasteiger partial charge in [0.15, 0.2) is 0 Å². The van der Waals surface area contributed by atoms with E-state index in [1.54, 1.807) is 19.2 Å². The molecule has 0 amide bonds. The summed E-state index contributed by atoms with van der Waals surface area (Å²) in [7, 11) is -1.81. The molecule has 0 saturated carbocycles. The molecule has 1 unspecified atom stereocenters. The molecule has 0 aliphatic rings. The summed E-state index contributed by atoms with van der Waals surface area (Å²) in [6, 6.07) is 3.31. The number of hydrogen-bond acceptors (Lipinski definition) is 5. The van der Waals surface area contributed by atoms with E-state index >= 15 is 0 Å². The maximum Gasteiger partial charge on any atom is 0.250 e. The summed E-state index contributed by atoms with van der Waals surface area (Å²) in [4.78, 5) is 0.857. The number of thiophene rings is 1. The quantitative estimate of drug-likeness (QED) is 0.772. The number of methoxy groups -OCH3 is 1. The van der Waals surface area contributed by atoms with Gasteiger partial charge in [0.05, 0.1) is 0 Å². The zero-order chi connectivity index (χ0) is 12.9. The Morgan fingerprint density at radius 1 is 1.53 bits per heavy atom. The van der Waals surface area contributed by atoms with Crippen molar-refractivity contribution >= 4 is 21.4 Å². The molecule has 0 fully saturated rings. The van der Waals surface area contributed by atoms with Crippen LogP contribution in [0, 0.1) is 5.92 Å². The number of nitrogens with two attached hydrogens (primary N) is 1. The Morgan fingerprint density at radius 3 is 2.76 bits per heavy atom. The van der Waals surface area contributed by atoms with Gasteiger partial charge in [0.25, 0.3) is 0 Å². The normalized spacial score (nSPS) is 13.8. The number of rotatable bonds is 7. The van der Waals surface area contributed by atoms with Crippen LogP contribution in [-0.2, 0) is 21.3 Å². The zero-order valence-corrected chi connectivity index (χ0v) is 11.6. The standard InChI is InChI=1S/C10H18N2O3S2/c1-8(7-15-2)6-12-17(13,14)10-4-3-9(5-11)16-10/h3-4,8,12H,5-7,11H2,1-2H3. The first kappa shape index (κ1) is 14.6. The highest BCUT2D eigenvalue weighted by Crippen LogP contribution is 2.20. The van der Waals surface area contributed by atoms with E-state index in [0.29, 0.717) is 23.9 Å². The van der Waals surface area contributed by atoms with Crippen LogP contribution in [0.5, 0.6) is 0 Å². The van der Waals surface area contributed by atoms with Gasteiger partial charge in [-0.15, -0.1) is 11.3 Å². The lowest BCUT2D eigenvalue weighted by atomic mass is 10.2. The fourth-order valence-electron chi connectivity index (χ4n) is 1.28. The molecule has 7 heteroatoms. The SMILES string of the molecule is COCC(C)CNS(=O)(=O)c1ccc(CN)s1. The summed E-state index contributed by atoms with van der Waals surface area (Å²) in [5.74, 6) is 0.142. The van der Waals surface area contributed by atoms with Gasteiger partial charge in [-0.1, -0.05) is 6.92 Å². The molecular formula is C10H18N2O3S2. The molecule has 1 aromatic heterocycles. The summed E-state index contributed by atoms with van der Waals surface area (Å²) in [6.45, 7) is 3.18. The lowest BCUT2D eigenvalue weighted by Gasteiger charge is -2.10. The Morgan fingerprint density at radius 2 is 2.24 bits per heavy atom. The topological polar surface area (TPSA) is 81.4 Å². The molecule has 0 aliphatic heterocycles. The number of hydrogen-bond donors (Lipinski definition) is 2. The van der Waals surface area contributed by atoms with E-state index in [-0.39, 0.29) is 5.92 Å². The minimum Gasteiger partial charge on any atom is -0.384 e. The van der Waals surface area contributed by atoms with Crippen LogP contribution in [-0.4, -0.2) is 28.7 Å². The number of sulfonamides is 1. The summed E-state index contributed by atoms with van der Waals surface area (Å²) >= 11 is 1.20. The highest BCUT2D eigenvalue weighted by atomic mass is 32.2. The smallest absolute Gasteiger partial charge is 0.250 e. The lowest BCUT2D eigenvalue weighted by Crippen LogP contribution is -2.29. The van der Waals surface area contributed by atoms with Gasteiger partial charge in [-0.25, -0.2) is 13.1 Å². The largest absolute Gasteiger partial charge is 0.384 e. The summed E-state index contributed by atoms with van der Waals surface area (Å²) < 4.78 is 31.6. The van der Waals surface area contributed by atoms with E-state index in [4.69, 9.17) is 10.5 Å². The number of ether oxygens (including phenoxy) is 1.